The number of methoxy groups -OCH3 is 1. The Labute approximate surface area is 171 Å². The van der Waals surface area contributed by atoms with Crippen molar-refractivity contribution in [1.82, 2.24) is 4.90 Å². The Bertz CT molecular complexity index is 1030. The average molecular weight is 390 g/mol. The van der Waals surface area contributed by atoms with Crippen LogP contribution in [0.1, 0.15) is 17.3 Å². The van der Waals surface area contributed by atoms with Crippen LogP contribution in [0.25, 0.3) is 10.8 Å². The molecule has 0 saturated carbocycles. The maximum Gasteiger partial charge on any atom is 0.257 e. The fourth-order valence-corrected chi connectivity index (χ4v) is 3.92. The molecular formula is C24H26N2O3. The molecule has 4 rings (SSSR count). The highest BCUT2D eigenvalue weighted by Gasteiger charge is 2.27. The SMILES string of the molecule is CCN1C[C@@H](CN(C)C(=O)c2cc3ccccc3cc2OC)Oc2ccccc21. The minimum Gasteiger partial charge on any atom is -0.496 e. The lowest BCUT2D eigenvalue weighted by Crippen LogP contribution is -2.46. The molecule has 0 bridgehead atoms. The predicted molar refractivity (Wildman–Crippen MR) is 116 cm³/mol. The molecule has 0 aliphatic carbocycles. The van der Waals surface area contributed by atoms with Crippen LogP contribution in [0.4, 0.5) is 5.69 Å². The maximum absolute atomic E-state index is 13.2. The van der Waals surface area contributed by atoms with E-state index >= 15 is 0 Å². The van der Waals surface area contributed by atoms with Gasteiger partial charge in [0.05, 0.1) is 31.5 Å². The molecule has 3 aromatic rings. The van der Waals surface area contributed by atoms with Gasteiger partial charge >= 0.3 is 0 Å². The van der Waals surface area contributed by atoms with Crippen molar-refractivity contribution < 1.29 is 14.3 Å². The summed E-state index contributed by atoms with van der Waals surface area (Å²) in [5, 5.41) is 2.07. The molecule has 0 N–H and O–H groups in total. The zero-order chi connectivity index (χ0) is 20.4. The normalized spacial score (nSPS) is 15.6. The zero-order valence-corrected chi connectivity index (χ0v) is 17.1. The van der Waals surface area contributed by atoms with Crippen molar-refractivity contribution in [1.29, 1.82) is 0 Å². The Balaban J connectivity index is 1.55. The number of hydrogen-bond donors (Lipinski definition) is 0. The number of benzene rings is 3. The van der Waals surface area contributed by atoms with Crippen LogP contribution in [0.2, 0.25) is 0 Å². The van der Waals surface area contributed by atoms with Crippen molar-refractivity contribution in [3.8, 4) is 11.5 Å². The maximum atomic E-state index is 13.2. The molecule has 1 heterocycles. The van der Waals surface area contributed by atoms with Crippen LogP contribution in [0.15, 0.2) is 60.7 Å². The molecule has 1 atom stereocenters. The van der Waals surface area contributed by atoms with Crippen LogP contribution in [0.5, 0.6) is 11.5 Å². The minimum atomic E-state index is -0.0924. The number of para-hydroxylation sites is 2. The van der Waals surface area contributed by atoms with E-state index in [9.17, 15) is 4.79 Å². The standard InChI is InChI=1S/C24H26N2O3/c1-4-26-16-19(29-22-12-8-7-11-21(22)26)15-25(2)24(27)20-13-17-9-5-6-10-18(17)14-23(20)28-3/h5-14,19H,4,15-16H2,1-3H3/t19-/m1/s1. The number of nitrogens with zero attached hydrogens (tertiary/aromatic N) is 2. The Morgan fingerprint density at radius 3 is 2.55 bits per heavy atom. The molecule has 5 nitrogen and oxygen atoms in total. The van der Waals surface area contributed by atoms with Crippen LogP contribution in [-0.2, 0) is 0 Å². The van der Waals surface area contributed by atoms with E-state index in [1.54, 1.807) is 12.0 Å². The second-order valence-electron chi connectivity index (χ2n) is 7.33. The van der Waals surface area contributed by atoms with E-state index < -0.39 is 0 Å². The van der Waals surface area contributed by atoms with Gasteiger partial charge in [0.2, 0.25) is 0 Å². The number of ether oxygens (including phenoxy) is 2. The fraction of sp³-hybridized carbons (Fsp3) is 0.292. The first-order chi connectivity index (χ1) is 14.1. The number of rotatable bonds is 5. The summed E-state index contributed by atoms with van der Waals surface area (Å²) in [6, 6.07) is 19.9. The zero-order valence-electron chi connectivity index (χ0n) is 17.1. The summed E-state index contributed by atoms with van der Waals surface area (Å²) in [5.41, 5.74) is 1.67. The first kappa shape index (κ1) is 19.1. The molecule has 5 heteroatoms. The average Bonchev–Trinajstić information content (AvgIpc) is 2.76. The fourth-order valence-electron chi connectivity index (χ4n) is 3.92. The highest BCUT2D eigenvalue weighted by Crippen LogP contribution is 2.33. The van der Waals surface area contributed by atoms with Crippen molar-refractivity contribution in [2.75, 3.05) is 38.7 Å². The number of fused-ring (bicyclic) bond motifs is 2. The highest BCUT2D eigenvalue weighted by molar-refractivity contribution is 6.01. The molecule has 0 radical (unpaired) electrons. The van der Waals surface area contributed by atoms with Crippen molar-refractivity contribution >= 4 is 22.4 Å². The number of carbonyl (C=O) groups is 1. The topological polar surface area (TPSA) is 42.0 Å². The van der Waals surface area contributed by atoms with E-state index in [0.717, 1.165) is 35.3 Å². The predicted octanol–water partition coefficient (Wildman–Crippen LogP) is 4.21. The summed E-state index contributed by atoms with van der Waals surface area (Å²) in [7, 11) is 3.41. The van der Waals surface area contributed by atoms with E-state index in [4.69, 9.17) is 9.47 Å². The van der Waals surface area contributed by atoms with Gasteiger partial charge < -0.3 is 19.3 Å². The van der Waals surface area contributed by atoms with Crippen LogP contribution in [0, 0.1) is 0 Å². The van der Waals surface area contributed by atoms with Gasteiger partial charge in [0.25, 0.3) is 5.91 Å². The molecule has 1 aliphatic rings. The number of carbonyl (C=O) groups excluding carboxylic acids is 1. The minimum absolute atomic E-state index is 0.0712. The second-order valence-corrected chi connectivity index (χ2v) is 7.33. The largest absolute Gasteiger partial charge is 0.496 e. The smallest absolute Gasteiger partial charge is 0.257 e. The van der Waals surface area contributed by atoms with Crippen molar-refractivity contribution in [2.45, 2.75) is 13.0 Å². The summed E-state index contributed by atoms with van der Waals surface area (Å²) < 4.78 is 11.7. The third kappa shape index (κ3) is 3.73. The van der Waals surface area contributed by atoms with Gasteiger partial charge in [-0.1, -0.05) is 36.4 Å². The lowest BCUT2D eigenvalue weighted by molar-refractivity contribution is 0.0706. The molecule has 3 aromatic carbocycles. The van der Waals surface area contributed by atoms with Crippen LogP contribution in [-0.4, -0.2) is 50.7 Å². The summed E-state index contributed by atoms with van der Waals surface area (Å²) in [6.45, 7) is 4.28. The lowest BCUT2D eigenvalue weighted by Gasteiger charge is -2.37. The van der Waals surface area contributed by atoms with Gasteiger partial charge in [0.1, 0.15) is 17.6 Å². The van der Waals surface area contributed by atoms with Gasteiger partial charge in [-0.25, -0.2) is 0 Å². The molecule has 0 aromatic heterocycles. The van der Waals surface area contributed by atoms with Gasteiger partial charge in [0, 0.05) is 13.6 Å². The first-order valence-electron chi connectivity index (χ1n) is 9.93. The van der Waals surface area contributed by atoms with Gasteiger partial charge in [-0.15, -0.1) is 0 Å². The van der Waals surface area contributed by atoms with E-state index in [1.807, 2.05) is 61.6 Å². The summed E-state index contributed by atoms with van der Waals surface area (Å²) in [4.78, 5) is 17.2. The van der Waals surface area contributed by atoms with Crippen LogP contribution in [0.3, 0.4) is 0 Å². The summed E-state index contributed by atoms with van der Waals surface area (Å²) in [5.74, 6) is 1.39. The number of likely N-dealkylation sites (N-methyl/N-ethyl adjacent to an activating group) is 2. The monoisotopic (exact) mass is 390 g/mol. The molecule has 1 aliphatic heterocycles. The van der Waals surface area contributed by atoms with Crippen LogP contribution >= 0.6 is 0 Å². The highest BCUT2D eigenvalue weighted by atomic mass is 16.5. The molecule has 0 spiro atoms. The molecule has 150 valence electrons. The van der Waals surface area contributed by atoms with Gasteiger partial charge in [-0.05, 0) is 42.0 Å². The van der Waals surface area contributed by atoms with E-state index in [0.29, 0.717) is 17.9 Å². The lowest BCUT2D eigenvalue weighted by atomic mass is 10.0. The first-order valence-corrected chi connectivity index (χ1v) is 9.93. The Morgan fingerprint density at radius 2 is 1.83 bits per heavy atom. The van der Waals surface area contributed by atoms with Crippen LogP contribution < -0.4 is 14.4 Å². The third-order valence-corrected chi connectivity index (χ3v) is 5.43. The molecule has 0 unspecified atom stereocenters. The van der Waals surface area contributed by atoms with E-state index in [-0.39, 0.29) is 12.0 Å². The molecule has 0 fully saturated rings. The summed E-state index contributed by atoms with van der Waals surface area (Å²) in [6.07, 6.45) is -0.0924. The van der Waals surface area contributed by atoms with Gasteiger partial charge in [0.15, 0.2) is 0 Å². The van der Waals surface area contributed by atoms with Crippen molar-refractivity contribution in [2.24, 2.45) is 0 Å². The second kappa shape index (κ2) is 8.03. The molecule has 1 amide bonds. The van der Waals surface area contributed by atoms with Crippen molar-refractivity contribution in [3.05, 3.63) is 66.2 Å². The molecule has 0 saturated heterocycles. The van der Waals surface area contributed by atoms with Crippen molar-refractivity contribution in [3.63, 3.8) is 0 Å². The third-order valence-electron chi connectivity index (χ3n) is 5.43. The Hall–Kier alpha value is -3.21. The van der Waals surface area contributed by atoms with E-state index in [1.165, 1.54) is 0 Å². The van der Waals surface area contributed by atoms with Gasteiger partial charge in [-0.3, -0.25) is 4.79 Å². The number of anilines is 1. The number of amides is 1. The van der Waals surface area contributed by atoms with Gasteiger partial charge in [-0.2, -0.15) is 0 Å². The Morgan fingerprint density at radius 1 is 1.14 bits per heavy atom. The molecule has 29 heavy (non-hydrogen) atoms. The summed E-state index contributed by atoms with van der Waals surface area (Å²) >= 11 is 0. The number of hydrogen-bond acceptors (Lipinski definition) is 4. The van der Waals surface area contributed by atoms with E-state index in [2.05, 4.69) is 17.9 Å². The molecular weight excluding hydrogens is 364 g/mol. The Kier molecular flexibility index (Phi) is 5.30. The quantitative estimate of drug-likeness (QED) is 0.655.